The van der Waals surface area contributed by atoms with Crippen molar-refractivity contribution in [3.8, 4) is 0 Å². The lowest BCUT2D eigenvalue weighted by Crippen LogP contribution is -2.93. The SMILES string of the molecule is CCCOCCC[Si]1(C)O[Si]2(c3ccccc3)O[Si]3(c4ccccc4)O[Si]4(c5ccccc5)O[Si](C)(CCCOCC5CO5)O[Si]5(c6ccccc6)O[Si](c6ccccc6)(O[Si](c6ccccc6)(O1)O[Si](c1ccccc1)(O5)O[Si](c1ccccc1)(O2)O4)O3. The molecule has 7 aliphatic rings. The van der Waals surface area contributed by atoms with Crippen LogP contribution >= 0.6 is 0 Å². The third-order valence-corrected chi connectivity index (χ3v) is 59.6. The minimum Gasteiger partial charge on any atom is -0.391 e. The van der Waals surface area contributed by atoms with Crippen LogP contribution in [-0.4, -0.2) is 127 Å². The molecule has 460 valence electrons. The number of rotatable bonds is 20. The number of hydrogen-bond acceptors (Lipinski definition) is 17. The van der Waals surface area contributed by atoms with E-state index < -0.39 is 87.6 Å². The second kappa shape index (κ2) is 25.3. The van der Waals surface area contributed by atoms with E-state index in [0.717, 1.165) is 6.42 Å². The highest BCUT2D eigenvalue weighted by molar-refractivity contribution is 7.12. The van der Waals surface area contributed by atoms with Crippen molar-refractivity contribution in [1.82, 2.24) is 0 Å². The molecule has 0 spiro atoms. The highest BCUT2D eigenvalue weighted by Crippen LogP contribution is 2.48. The molecule has 5 atom stereocenters. The summed E-state index contributed by atoms with van der Waals surface area (Å²) in [5.41, 5.74) is 0. The molecule has 7 heterocycles. The molecule has 15 rings (SSSR count). The van der Waals surface area contributed by atoms with Gasteiger partial charge in [-0.05, 0) is 44.4 Å². The Morgan fingerprint density at radius 3 is 0.697 bits per heavy atom. The topological polar surface area (TPSA) is 160 Å². The Bertz CT molecular complexity index is 3320. The lowest BCUT2D eigenvalue weighted by atomic mass is 10.4. The Hall–Kier alpha value is -4.75. The van der Waals surface area contributed by atoms with E-state index in [0.29, 0.717) is 99.5 Å². The molecular formula is C62H70O17Si10. The Kier molecular flexibility index (Phi) is 17.5. The zero-order chi connectivity index (χ0) is 60.6. The smallest absolute Gasteiger partial charge is 0.391 e. The van der Waals surface area contributed by atoms with Gasteiger partial charge >= 0.3 is 87.6 Å². The van der Waals surface area contributed by atoms with Crippen molar-refractivity contribution in [2.75, 3.05) is 33.0 Å². The number of ether oxygens (including phenoxy) is 3. The standard InChI is InChI=1S/C62H70O17Si10/c1-4-47-63-48-29-50-80(2)66-82(55-31-13-5-14-32-55)70-86(59-39-21-9-22-40-59)74-84(57-35-17-7-18-36-57)68-81(3,51-30-49-64-52-54-53-65-54)69-85(58-37-19-8-20-38-58)76-88(78-86,61-43-25-11-26-44-61)72-83(67-80,56-33-15-6-16-34-56)73-89(77-85,62-45-27-12-28-46-62)79-87(71-82,75-84)60-41-23-10-24-42-60/h5-28,31-46,54H,4,29-30,47-53H2,1-3H3. The van der Waals surface area contributed by atoms with Gasteiger partial charge in [-0.1, -0.05) is 250 Å². The van der Waals surface area contributed by atoms with Crippen molar-refractivity contribution in [3.05, 3.63) is 243 Å². The van der Waals surface area contributed by atoms with Gasteiger partial charge in [0.2, 0.25) is 0 Å². The second-order valence-corrected chi connectivity index (χ2v) is 53.4. The average Bonchev–Trinajstić information content (AvgIpc) is 1.46. The van der Waals surface area contributed by atoms with Crippen molar-refractivity contribution in [1.29, 1.82) is 0 Å². The lowest BCUT2D eigenvalue weighted by Gasteiger charge is -2.61. The first kappa shape index (κ1) is 61.7. The van der Waals surface area contributed by atoms with Gasteiger partial charge in [0, 0.05) is 61.3 Å². The molecule has 0 amide bonds. The normalized spacial score (nSPS) is 33.9. The van der Waals surface area contributed by atoms with Crippen LogP contribution in [-0.2, 0) is 71.8 Å². The summed E-state index contributed by atoms with van der Waals surface area (Å²) in [4.78, 5) is 0. The summed E-state index contributed by atoms with van der Waals surface area (Å²) in [6.45, 7) is 8.63. The average molecular weight is 1370 g/mol. The monoisotopic (exact) mass is 1370 g/mol. The van der Waals surface area contributed by atoms with Gasteiger partial charge in [-0.3, -0.25) is 0 Å². The number of hydrogen-bond donors (Lipinski definition) is 0. The van der Waals surface area contributed by atoms with Gasteiger partial charge < -0.3 is 71.8 Å². The molecule has 5 unspecified atom stereocenters. The fourth-order valence-corrected chi connectivity index (χ4v) is 68.5. The Labute approximate surface area is 530 Å². The molecule has 17 nitrogen and oxygen atoms in total. The summed E-state index contributed by atoms with van der Waals surface area (Å²) in [5, 5.41) is 4.28. The highest BCUT2D eigenvalue weighted by atomic mass is 28.6. The van der Waals surface area contributed by atoms with Gasteiger partial charge in [0.05, 0.1) is 13.2 Å². The molecule has 0 aliphatic carbocycles. The Morgan fingerprint density at radius 2 is 0.494 bits per heavy atom. The van der Waals surface area contributed by atoms with Gasteiger partial charge in [-0.15, -0.1) is 0 Å². The maximum atomic E-state index is 8.62. The second-order valence-electron chi connectivity index (χ2n) is 22.9. The molecule has 8 aromatic carbocycles. The summed E-state index contributed by atoms with van der Waals surface area (Å²) in [6, 6.07) is 78.8. The van der Waals surface area contributed by atoms with Gasteiger partial charge in [-0.25, -0.2) is 0 Å². The quantitative estimate of drug-likeness (QED) is 0.0510. The number of fused-ring (bicyclic) bond motifs is 4. The van der Waals surface area contributed by atoms with Crippen molar-refractivity contribution >= 4 is 129 Å². The van der Waals surface area contributed by atoms with Crippen molar-refractivity contribution in [3.63, 3.8) is 0 Å². The fraction of sp³-hybridized carbons (Fsp3) is 0.226. The summed E-state index contributed by atoms with van der Waals surface area (Å²) < 4.78 is 138. The summed E-state index contributed by atoms with van der Waals surface area (Å²) in [7, 11) is -49.1. The van der Waals surface area contributed by atoms with Gasteiger partial charge in [0.1, 0.15) is 6.10 Å². The van der Waals surface area contributed by atoms with E-state index >= 15 is 0 Å². The van der Waals surface area contributed by atoms with Crippen LogP contribution in [0.25, 0.3) is 0 Å². The number of benzene rings is 8. The minimum atomic E-state index is -5.20. The third-order valence-electron chi connectivity index (χ3n) is 16.0. The predicted octanol–water partition coefficient (Wildman–Crippen LogP) is 5.82. The minimum absolute atomic E-state index is 0.0512. The zero-order valence-electron chi connectivity index (χ0n) is 49.7. The van der Waals surface area contributed by atoms with Crippen LogP contribution in [0, 0.1) is 0 Å². The van der Waals surface area contributed by atoms with E-state index in [1.807, 2.05) is 256 Å². The van der Waals surface area contributed by atoms with Crippen LogP contribution in [0.2, 0.25) is 25.2 Å². The molecule has 8 aromatic rings. The molecule has 27 heteroatoms. The van der Waals surface area contributed by atoms with Gasteiger partial charge in [0.25, 0.3) is 0 Å². The van der Waals surface area contributed by atoms with Crippen LogP contribution in [0.4, 0.5) is 0 Å². The van der Waals surface area contributed by atoms with Crippen LogP contribution in [0.3, 0.4) is 0 Å². The van der Waals surface area contributed by atoms with Crippen LogP contribution in [0.1, 0.15) is 26.2 Å². The predicted molar refractivity (Wildman–Crippen MR) is 354 cm³/mol. The van der Waals surface area contributed by atoms with Crippen LogP contribution in [0.15, 0.2) is 243 Å². The van der Waals surface area contributed by atoms with E-state index in [9.17, 15) is 0 Å². The maximum Gasteiger partial charge on any atom is 0.515 e. The van der Waals surface area contributed by atoms with E-state index in [1.54, 1.807) is 0 Å². The van der Waals surface area contributed by atoms with Crippen molar-refractivity contribution in [2.45, 2.75) is 57.5 Å². The molecule has 0 saturated carbocycles. The first-order valence-corrected chi connectivity index (χ1v) is 49.3. The van der Waals surface area contributed by atoms with E-state index in [2.05, 4.69) is 6.92 Å². The fourth-order valence-electron chi connectivity index (χ4n) is 11.8. The summed E-state index contributed by atoms with van der Waals surface area (Å²) >= 11 is 0. The molecular weight excluding hydrogens is 1300 g/mol. The molecule has 89 heavy (non-hydrogen) atoms. The maximum absolute atomic E-state index is 8.62. The zero-order valence-corrected chi connectivity index (χ0v) is 59.7. The van der Waals surface area contributed by atoms with E-state index in [4.69, 9.17) is 71.8 Å². The van der Waals surface area contributed by atoms with Crippen LogP contribution < -0.4 is 41.5 Å². The van der Waals surface area contributed by atoms with Gasteiger partial charge in [-0.2, -0.15) is 0 Å². The molecule has 7 fully saturated rings. The first-order valence-electron chi connectivity index (χ1n) is 30.4. The van der Waals surface area contributed by atoms with E-state index in [-0.39, 0.29) is 6.10 Å². The molecule has 0 N–H and O–H groups in total. The molecule has 0 aromatic heterocycles. The van der Waals surface area contributed by atoms with Crippen molar-refractivity contribution in [2.24, 2.45) is 0 Å². The highest BCUT2D eigenvalue weighted by Gasteiger charge is 2.83. The Morgan fingerprint density at radius 1 is 0.292 bits per heavy atom. The first-order chi connectivity index (χ1) is 43.4. The van der Waals surface area contributed by atoms with Gasteiger partial charge in [0.15, 0.2) is 0 Å². The summed E-state index contributed by atoms with van der Waals surface area (Å²) in [5.74, 6) is 0. The van der Waals surface area contributed by atoms with E-state index in [1.165, 1.54) is 0 Å². The lowest BCUT2D eigenvalue weighted by molar-refractivity contribution is 0.0247. The van der Waals surface area contributed by atoms with Crippen LogP contribution in [0.5, 0.6) is 0 Å². The Balaban J connectivity index is 1.20. The summed E-state index contributed by atoms with van der Waals surface area (Å²) in [6.07, 6.45) is 1.89. The molecule has 8 bridgehead atoms. The largest absolute Gasteiger partial charge is 0.515 e. The number of epoxide rings is 1. The molecule has 7 aliphatic heterocycles. The molecule has 7 saturated heterocycles. The van der Waals surface area contributed by atoms with Crippen molar-refractivity contribution < 1.29 is 71.8 Å². The third kappa shape index (κ3) is 12.3. The molecule has 0 radical (unpaired) electrons.